The number of benzene rings is 1. The van der Waals surface area contributed by atoms with E-state index in [1.807, 2.05) is 25.1 Å². The standard InChI is InChI=1S/C18H19N3O5/c1-3-24-16(23)8-21-18-17(10(2)20-21)12(7-15(22)19-18)11-4-5-13-14(6-11)26-9-25-13/h4-6,12H,3,7-9H2,1-2H3,(H,19,22)/t12-/m0/s1. The van der Waals surface area contributed by atoms with Crippen molar-refractivity contribution in [2.45, 2.75) is 32.7 Å². The molecule has 136 valence electrons. The molecule has 0 unspecified atom stereocenters. The van der Waals surface area contributed by atoms with Gasteiger partial charge in [0.15, 0.2) is 11.5 Å². The Morgan fingerprint density at radius 2 is 2.19 bits per heavy atom. The Bertz CT molecular complexity index is 889. The molecule has 3 heterocycles. The van der Waals surface area contributed by atoms with Crippen molar-refractivity contribution in [3.63, 3.8) is 0 Å². The molecular formula is C18H19N3O5. The zero-order valence-corrected chi connectivity index (χ0v) is 14.6. The van der Waals surface area contributed by atoms with Crippen LogP contribution in [0.4, 0.5) is 5.82 Å². The summed E-state index contributed by atoms with van der Waals surface area (Å²) in [7, 11) is 0. The van der Waals surface area contributed by atoms with Gasteiger partial charge in [0.2, 0.25) is 12.7 Å². The number of nitrogens with zero attached hydrogens (tertiary/aromatic N) is 2. The van der Waals surface area contributed by atoms with E-state index in [1.54, 1.807) is 6.92 Å². The Balaban J connectivity index is 1.73. The van der Waals surface area contributed by atoms with Crippen LogP contribution in [-0.2, 0) is 20.9 Å². The first-order chi connectivity index (χ1) is 12.6. The first-order valence-corrected chi connectivity index (χ1v) is 8.49. The summed E-state index contributed by atoms with van der Waals surface area (Å²) < 4.78 is 17.3. The lowest BCUT2D eigenvalue weighted by molar-refractivity contribution is -0.144. The molecule has 8 heteroatoms. The number of amides is 1. The van der Waals surface area contributed by atoms with Gasteiger partial charge in [-0.15, -0.1) is 0 Å². The number of aromatic nitrogens is 2. The van der Waals surface area contributed by atoms with Crippen LogP contribution in [-0.4, -0.2) is 35.1 Å². The minimum Gasteiger partial charge on any atom is -0.465 e. The van der Waals surface area contributed by atoms with Crippen LogP contribution in [0, 0.1) is 6.92 Å². The number of carbonyl (C=O) groups excluding carboxylic acids is 2. The van der Waals surface area contributed by atoms with Crippen molar-refractivity contribution >= 4 is 17.7 Å². The van der Waals surface area contributed by atoms with Crippen LogP contribution in [0.15, 0.2) is 18.2 Å². The first kappa shape index (κ1) is 16.4. The van der Waals surface area contributed by atoms with Gasteiger partial charge in [-0.2, -0.15) is 5.10 Å². The van der Waals surface area contributed by atoms with E-state index in [0.29, 0.717) is 30.3 Å². The summed E-state index contributed by atoms with van der Waals surface area (Å²) >= 11 is 0. The lowest BCUT2D eigenvalue weighted by Crippen LogP contribution is -2.26. The van der Waals surface area contributed by atoms with Gasteiger partial charge in [0.05, 0.1) is 12.3 Å². The number of rotatable bonds is 4. The molecule has 1 amide bonds. The molecule has 0 radical (unpaired) electrons. The molecule has 26 heavy (non-hydrogen) atoms. The van der Waals surface area contributed by atoms with Gasteiger partial charge in [0.25, 0.3) is 0 Å². The molecular weight excluding hydrogens is 338 g/mol. The molecule has 2 aliphatic rings. The van der Waals surface area contributed by atoms with Crippen LogP contribution in [0.25, 0.3) is 0 Å². The number of nitrogens with one attached hydrogen (secondary N) is 1. The third-order valence-electron chi connectivity index (χ3n) is 4.55. The third kappa shape index (κ3) is 2.77. The van der Waals surface area contributed by atoms with E-state index >= 15 is 0 Å². The number of ether oxygens (including phenoxy) is 3. The molecule has 4 rings (SSSR count). The number of fused-ring (bicyclic) bond motifs is 2. The van der Waals surface area contributed by atoms with Gasteiger partial charge in [-0.05, 0) is 31.5 Å². The Kier molecular flexibility index (Phi) is 4.02. The van der Waals surface area contributed by atoms with Gasteiger partial charge in [-0.3, -0.25) is 9.59 Å². The number of aryl methyl sites for hydroxylation is 1. The average Bonchev–Trinajstić information content (AvgIpc) is 3.19. The van der Waals surface area contributed by atoms with Crippen LogP contribution in [0.1, 0.15) is 36.1 Å². The van der Waals surface area contributed by atoms with Crippen molar-refractivity contribution in [1.82, 2.24) is 9.78 Å². The molecule has 1 N–H and O–H groups in total. The number of anilines is 1. The van der Waals surface area contributed by atoms with Crippen molar-refractivity contribution < 1.29 is 23.8 Å². The van der Waals surface area contributed by atoms with Crippen LogP contribution in [0.2, 0.25) is 0 Å². The Hall–Kier alpha value is -3.03. The first-order valence-electron chi connectivity index (χ1n) is 8.49. The fourth-order valence-electron chi connectivity index (χ4n) is 3.47. The highest BCUT2D eigenvalue weighted by Crippen LogP contribution is 2.42. The summed E-state index contributed by atoms with van der Waals surface area (Å²) in [6, 6.07) is 5.68. The van der Waals surface area contributed by atoms with E-state index < -0.39 is 5.97 Å². The summed E-state index contributed by atoms with van der Waals surface area (Å²) in [4.78, 5) is 24.1. The van der Waals surface area contributed by atoms with Crippen molar-refractivity contribution in [2.24, 2.45) is 0 Å². The molecule has 2 aromatic rings. The van der Waals surface area contributed by atoms with Gasteiger partial charge in [-0.25, -0.2) is 4.68 Å². The maximum atomic E-state index is 12.3. The number of hydrogen-bond donors (Lipinski definition) is 1. The molecule has 0 saturated heterocycles. The van der Waals surface area contributed by atoms with Crippen molar-refractivity contribution in [2.75, 3.05) is 18.7 Å². The molecule has 2 aliphatic heterocycles. The molecule has 0 spiro atoms. The van der Waals surface area contributed by atoms with E-state index in [1.165, 1.54) is 4.68 Å². The zero-order chi connectivity index (χ0) is 18.3. The summed E-state index contributed by atoms with van der Waals surface area (Å²) in [6.45, 7) is 4.08. The van der Waals surface area contributed by atoms with Gasteiger partial charge in [0, 0.05) is 17.9 Å². The van der Waals surface area contributed by atoms with Gasteiger partial charge in [0.1, 0.15) is 12.4 Å². The molecule has 8 nitrogen and oxygen atoms in total. The SMILES string of the molecule is CCOC(=O)Cn1nc(C)c2c1NC(=O)C[C@H]2c1ccc2c(c1)OCO2. The van der Waals surface area contributed by atoms with Gasteiger partial charge >= 0.3 is 5.97 Å². The van der Waals surface area contributed by atoms with Gasteiger partial charge < -0.3 is 19.5 Å². The van der Waals surface area contributed by atoms with Crippen molar-refractivity contribution in [1.29, 1.82) is 0 Å². The smallest absolute Gasteiger partial charge is 0.327 e. The van der Waals surface area contributed by atoms with E-state index in [9.17, 15) is 9.59 Å². The number of carbonyl (C=O) groups is 2. The topological polar surface area (TPSA) is 91.7 Å². The monoisotopic (exact) mass is 357 g/mol. The lowest BCUT2D eigenvalue weighted by atomic mass is 9.85. The molecule has 0 aliphatic carbocycles. The second-order valence-electron chi connectivity index (χ2n) is 6.23. The Morgan fingerprint density at radius 1 is 1.38 bits per heavy atom. The summed E-state index contributed by atoms with van der Waals surface area (Å²) in [6.07, 6.45) is 0.304. The molecule has 0 fully saturated rings. The lowest BCUT2D eigenvalue weighted by Gasteiger charge is -2.24. The quantitative estimate of drug-likeness (QED) is 0.841. The van der Waals surface area contributed by atoms with Crippen molar-refractivity contribution in [3.8, 4) is 11.5 Å². The molecule has 0 saturated carbocycles. The normalized spacial score (nSPS) is 17.6. The van der Waals surface area contributed by atoms with Crippen LogP contribution in [0.3, 0.4) is 0 Å². The fraction of sp³-hybridized carbons (Fsp3) is 0.389. The minimum atomic E-state index is -0.391. The van der Waals surface area contributed by atoms with Crippen LogP contribution < -0.4 is 14.8 Å². The largest absolute Gasteiger partial charge is 0.465 e. The highest BCUT2D eigenvalue weighted by Gasteiger charge is 2.33. The predicted octanol–water partition coefficient (Wildman–Crippen LogP) is 1.96. The molecule has 1 aromatic carbocycles. The van der Waals surface area contributed by atoms with E-state index in [2.05, 4.69) is 10.4 Å². The molecule has 1 atom stereocenters. The highest BCUT2D eigenvalue weighted by molar-refractivity contribution is 5.95. The maximum Gasteiger partial charge on any atom is 0.327 e. The minimum absolute atomic E-state index is 0.0435. The number of hydrogen-bond acceptors (Lipinski definition) is 6. The second-order valence-corrected chi connectivity index (χ2v) is 6.23. The van der Waals surface area contributed by atoms with Crippen LogP contribution in [0.5, 0.6) is 11.5 Å². The second kappa shape index (κ2) is 6.36. The van der Waals surface area contributed by atoms with E-state index in [0.717, 1.165) is 16.8 Å². The van der Waals surface area contributed by atoms with E-state index in [-0.39, 0.29) is 25.2 Å². The Labute approximate surface area is 150 Å². The molecule has 1 aromatic heterocycles. The highest BCUT2D eigenvalue weighted by atomic mass is 16.7. The average molecular weight is 357 g/mol. The molecule has 0 bridgehead atoms. The predicted molar refractivity (Wildman–Crippen MR) is 91.3 cm³/mol. The summed E-state index contributed by atoms with van der Waals surface area (Å²) in [5.74, 6) is 1.25. The third-order valence-corrected chi connectivity index (χ3v) is 4.55. The zero-order valence-electron chi connectivity index (χ0n) is 14.6. The Morgan fingerprint density at radius 3 is 3.00 bits per heavy atom. The van der Waals surface area contributed by atoms with Gasteiger partial charge in [-0.1, -0.05) is 6.07 Å². The van der Waals surface area contributed by atoms with Crippen molar-refractivity contribution in [3.05, 3.63) is 35.0 Å². The fourth-order valence-corrected chi connectivity index (χ4v) is 3.47. The maximum absolute atomic E-state index is 12.3. The number of esters is 1. The van der Waals surface area contributed by atoms with Crippen LogP contribution >= 0.6 is 0 Å². The summed E-state index contributed by atoms with van der Waals surface area (Å²) in [5, 5.41) is 7.29. The summed E-state index contributed by atoms with van der Waals surface area (Å²) in [5.41, 5.74) is 2.63. The van der Waals surface area contributed by atoms with E-state index in [4.69, 9.17) is 14.2 Å².